The van der Waals surface area contributed by atoms with Crippen LogP contribution in [-0.2, 0) is 0 Å². The predicted molar refractivity (Wildman–Crippen MR) is 48.3 cm³/mol. The average molecular weight is 196 g/mol. The van der Waals surface area contributed by atoms with Crippen LogP contribution in [-0.4, -0.2) is 22.2 Å². The van der Waals surface area contributed by atoms with Gasteiger partial charge in [0.2, 0.25) is 0 Å². The second kappa shape index (κ2) is 3.65. The molecule has 0 unspecified atom stereocenters. The van der Waals surface area contributed by atoms with Gasteiger partial charge in [-0.25, -0.2) is 9.59 Å². The van der Waals surface area contributed by atoms with Crippen LogP contribution in [0, 0.1) is 0 Å². The Labute approximate surface area is 79.0 Å². The fourth-order valence-corrected chi connectivity index (χ4v) is 0.950. The topological polar surface area (TPSA) is 113 Å². The van der Waals surface area contributed by atoms with Gasteiger partial charge in [-0.2, -0.15) is 0 Å². The third-order valence-electron chi connectivity index (χ3n) is 1.52. The normalized spacial score (nSPS) is 9.43. The Hall–Kier alpha value is -2.24. The lowest BCUT2D eigenvalue weighted by molar-refractivity contribution is 0.0694. The summed E-state index contributed by atoms with van der Waals surface area (Å²) in [4.78, 5) is 21.0. The lowest BCUT2D eigenvalue weighted by Gasteiger charge is -2.06. The van der Waals surface area contributed by atoms with Gasteiger partial charge < -0.3 is 21.3 Å². The van der Waals surface area contributed by atoms with Crippen molar-refractivity contribution in [2.75, 3.05) is 5.32 Å². The van der Waals surface area contributed by atoms with Crippen LogP contribution in [0.2, 0.25) is 0 Å². The molecule has 0 aliphatic heterocycles. The molecule has 0 saturated heterocycles. The number of nitrogens with two attached hydrogens (primary N) is 1. The fraction of sp³-hybridized carbons (Fsp3) is 0. The molecular weight excluding hydrogens is 188 g/mol. The van der Waals surface area contributed by atoms with E-state index < -0.39 is 17.7 Å². The van der Waals surface area contributed by atoms with Crippen molar-refractivity contribution in [3.63, 3.8) is 0 Å². The van der Waals surface area contributed by atoms with Crippen LogP contribution in [0.15, 0.2) is 18.2 Å². The molecule has 0 bridgehead atoms. The smallest absolute Gasteiger partial charge is 0.339 e. The Kier molecular flexibility index (Phi) is 2.57. The molecule has 0 aromatic heterocycles. The maximum absolute atomic E-state index is 10.6. The van der Waals surface area contributed by atoms with Crippen LogP contribution in [0.3, 0.4) is 0 Å². The molecule has 6 heteroatoms. The summed E-state index contributed by atoms with van der Waals surface area (Å²) in [6.07, 6.45) is 0. The van der Waals surface area contributed by atoms with E-state index in [-0.39, 0.29) is 11.3 Å². The highest BCUT2D eigenvalue weighted by Gasteiger charge is 2.13. The minimum atomic E-state index is -1.28. The van der Waals surface area contributed by atoms with Gasteiger partial charge in [-0.15, -0.1) is 0 Å². The van der Waals surface area contributed by atoms with Crippen molar-refractivity contribution in [3.05, 3.63) is 23.8 Å². The summed E-state index contributed by atoms with van der Waals surface area (Å²) in [5.74, 6) is -1.80. The number of hydrogen-bond acceptors (Lipinski definition) is 3. The summed E-state index contributed by atoms with van der Waals surface area (Å²) in [6, 6.07) is 3.06. The van der Waals surface area contributed by atoms with Gasteiger partial charge in [-0.05, 0) is 12.1 Å². The van der Waals surface area contributed by atoms with E-state index in [0.29, 0.717) is 0 Å². The monoisotopic (exact) mass is 196 g/mol. The van der Waals surface area contributed by atoms with Crippen LogP contribution in [0.25, 0.3) is 0 Å². The van der Waals surface area contributed by atoms with E-state index in [2.05, 4.69) is 5.32 Å². The Bertz CT molecular complexity index is 389. The molecule has 2 amide bonds. The number of primary amides is 1. The highest BCUT2D eigenvalue weighted by Crippen LogP contribution is 2.26. The zero-order chi connectivity index (χ0) is 10.7. The summed E-state index contributed by atoms with van der Waals surface area (Å²) >= 11 is 0. The van der Waals surface area contributed by atoms with Crippen LogP contribution in [0.5, 0.6) is 5.75 Å². The number of amides is 2. The van der Waals surface area contributed by atoms with Crippen molar-refractivity contribution in [3.8, 4) is 5.75 Å². The lowest BCUT2D eigenvalue weighted by Crippen LogP contribution is -2.19. The van der Waals surface area contributed by atoms with Gasteiger partial charge >= 0.3 is 12.0 Å². The molecule has 1 aromatic carbocycles. The number of phenols is 1. The quantitative estimate of drug-likeness (QED) is 0.518. The number of urea groups is 1. The summed E-state index contributed by atoms with van der Waals surface area (Å²) in [7, 11) is 0. The van der Waals surface area contributed by atoms with Crippen LogP contribution < -0.4 is 11.1 Å². The zero-order valence-electron chi connectivity index (χ0n) is 7.02. The van der Waals surface area contributed by atoms with Gasteiger partial charge in [0.15, 0.2) is 5.75 Å². The maximum atomic E-state index is 10.6. The van der Waals surface area contributed by atoms with Gasteiger partial charge in [0.1, 0.15) is 5.56 Å². The molecule has 1 rings (SSSR count). The predicted octanol–water partition coefficient (Wildman–Crippen LogP) is 0.581. The molecule has 5 N–H and O–H groups in total. The highest BCUT2D eigenvalue weighted by atomic mass is 16.4. The van der Waals surface area contributed by atoms with Crippen LogP contribution in [0.4, 0.5) is 10.5 Å². The van der Waals surface area contributed by atoms with Crippen molar-refractivity contribution >= 4 is 17.7 Å². The van der Waals surface area contributed by atoms with E-state index in [1.807, 2.05) is 0 Å². The van der Waals surface area contributed by atoms with Gasteiger partial charge in [0.25, 0.3) is 0 Å². The van der Waals surface area contributed by atoms with E-state index in [1.54, 1.807) is 0 Å². The highest BCUT2D eigenvalue weighted by molar-refractivity contribution is 5.96. The number of para-hydroxylation sites is 1. The molecular formula is C8H8N2O4. The van der Waals surface area contributed by atoms with Crippen molar-refractivity contribution in [1.82, 2.24) is 0 Å². The maximum Gasteiger partial charge on any atom is 0.339 e. The molecule has 0 fully saturated rings. The van der Waals surface area contributed by atoms with E-state index in [9.17, 15) is 14.7 Å². The van der Waals surface area contributed by atoms with E-state index in [4.69, 9.17) is 10.8 Å². The lowest BCUT2D eigenvalue weighted by atomic mass is 10.2. The Morgan fingerprint density at radius 1 is 1.36 bits per heavy atom. The number of benzene rings is 1. The Morgan fingerprint density at radius 3 is 2.50 bits per heavy atom. The number of rotatable bonds is 2. The molecule has 1 aromatic rings. The third kappa shape index (κ3) is 1.92. The first kappa shape index (κ1) is 9.85. The molecule has 0 atom stereocenters. The number of anilines is 1. The summed E-state index contributed by atoms with van der Waals surface area (Å²) in [5.41, 5.74) is 4.49. The number of carbonyl (C=O) groups excluding carboxylic acids is 1. The van der Waals surface area contributed by atoms with Crippen molar-refractivity contribution in [2.45, 2.75) is 0 Å². The first-order valence-corrected chi connectivity index (χ1v) is 3.64. The van der Waals surface area contributed by atoms with Gasteiger partial charge in [0.05, 0.1) is 5.69 Å². The van der Waals surface area contributed by atoms with E-state index in [0.717, 1.165) is 0 Å². The number of aromatic carboxylic acids is 1. The SMILES string of the molecule is NC(=O)Nc1cccc(C(=O)O)c1O. The second-order valence-electron chi connectivity index (χ2n) is 2.50. The third-order valence-corrected chi connectivity index (χ3v) is 1.52. The Balaban J connectivity index is 3.13. The van der Waals surface area contributed by atoms with Crippen molar-refractivity contribution < 1.29 is 19.8 Å². The molecule has 0 radical (unpaired) electrons. The van der Waals surface area contributed by atoms with Crippen LogP contribution in [0.1, 0.15) is 10.4 Å². The largest absolute Gasteiger partial charge is 0.505 e. The fourth-order valence-electron chi connectivity index (χ4n) is 0.950. The van der Waals surface area contributed by atoms with Crippen molar-refractivity contribution in [2.24, 2.45) is 5.73 Å². The molecule has 0 heterocycles. The molecule has 0 spiro atoms. The van der Waals surface area contributed by atoms with Crippen LogP contribution >= 0.6 is 0 Å². The second-order valence-corrected chi connectivity index (χ2v) is 2.50. The molecule has 6 nitrogen and oxygen atoms in total. The average Bonchev–Trinajstić information content (AvgIpc) is 2.07. The molecule has 0 saturated carbocycles. The first-order valence-electron chi connectivity index (χ1n) is 3.64. The number of aromatic hydroxyl groups is 1. The molecule has 0 aliphatic rings. The standard InChI is InChI=1S/C8H8N2O4/c9-8(14)10-5-3-1-2-4(6(5)11)7(12)13/h1-3,11H,(H,12,13)(H3,9,10,14). The summed E-state index contributed by atoms with van der Waals surface area (Å²) < 4.78 is 0. The Morgan fingerprint density at radius 2 is 2.00 bits per heavy atom. The minimum Gasteiger partial charge on any atom is -0.505 e. The number of carboxylic acid groups (broad SMARTS) is 1. The van der Waals surface area contributed by atoms with Crippen molar-refractivity contribution in [1.29, 1.82) is 0 Å². The van der Waals surface area contributed by atoms with Gasteiger partial charge in [-0.1, -0.05) is 6.07 Å². The number of carbonyl (C=O) groups is 2. The molecule has 74 valence electrons. The van der Waals surface area contributed by atoms with E-state index in [1.165, 1.54) is 18.2 Å². The molecule has 0 aliphatic carbocycles. The van der Waals surface area contributed by atoms with Gasteiger partial charge in [-0.3, -0.25) is 0 Å². The summed E-state index contributed by atoms with van der Waals surface area (Å²) in [6.45, 7) is 0. The zero-order valence-corrected chi connectivity index (χ0v) is 7.02. The van der Waals surface area contributed by atoms with E-state index >= 15 is 0 Å². The summed E-state index contributed by atoms with van der Waals surface area (Å²) in [5, 5.41) is 20.1. The number of hydrogen-bond donors (Lipinski definition) is 4. The molecule has 14 heavy (non-hydrogen) atoms. The number of nitrogens with one attached hydrogen (secondary N) is 1. The number of carboxylic acids is 1. The van der Waals surface area contributed by atoms with Gasteiger partial charge in [0, 0.05) is 0 Å². The first-order chi connectivity index (χ1) is 6.52. The minimum absolute atomic E-state index is 0.0302.